The second-order valence-corrected chi connectivity index (χ2v) is 9.63. The molecule has 0 bridgehead atoms. The fourth-order valence-corrected chi connectivity index (χ4v) is 6.76. The van der Waals surface area contributed by atoms with Crippen LogP contribution in [-0.4, -0.2) is 33.9 Å². The van der Waals surface area contributed by atoms with E-state index in [-0.39, 0.29) is 16.4 Å². The second kappa shape index (κ2) is 4.83. The van der Waals surface area contributed by atoms with Crippen molar-refractivity contribution in [2.24, 2.45) is 0 Å². The molecular formula is C11H14BrNO4S2. The third-order valence-electron chi connectivity index (χ3n) is 3.01. The molecule has 106 valence electrons. The van der Waals surface area contributed by atoms with Crippen LogP contribution < -0.4 is 4.72 Å². The molecule has 1 saturated heterocycles. The third kappa shape index (κ3) is 3.36. The Labute approximate surface area is 121 Å². The highest BCUT2D eigenvalue weighted by Crippen LogP contribution is 2.27. The van der Waals surface area contributed by atoms with Crippen molar-refractivity contribution in [1.82, 2.24) is 4.72 Å². The molecule has 0 spiro atoms. The number of sulfonamides is 1. The van der Waals surface area contributed by atoms with Crippen LogP contribution >= 0.6 is 15.9 Å². The Bertz CT molecular complexity index is 699. The molecule has 1 aromatic rings. The summed E-state index contributed by atoms with van der Waals surface area (Å²) in [5.41, 5.74) is -0.938. The molecule has 0 amide bonds. The summed E-state index contributed by atoms with van der Waals surface area (Å²) in [6.07, 6.45) is 0.291. The van der Waals surface area contributed by atoms with Crippen molar-refractivity contribution in [1.29, 1.82) is 0 Å². The predicted octanol–water partition coefficient (Wildman–Crippen LogP) is 1.30. The zero-order valence-corrected chi connectivity index (χ0v) is 13.5. The van der Waals surface area contributed by atoms with Crippen LogP contribution in [0, 0.1) is 0 Å². The molecule has 2 rings (SSSR count). The lowest BCUT2D eigenvalue weighted by molar-refractivity contribution is 0.461. The minimum atomic E-state index is -3.74. The number of nitrogens with one attached hydrogen (secondary N) is 1. The van der Waals surface area contributed by atoms with E-state index in [4.69, 9.17) is 0 Å². The van der Waals surface area contributed by atoms with Gasteiger partial charge in [-0.2, -0.15) is 0 Å². The molecule has 8 heteroatoms. The first-order chi connectivity index (χ1) is 8.64. The van der Waals surface area contributed by atoms with Crippen molar-refractivity contribution >= 4 is 35.8 Å². The molecule has 5 nitrogen and oxygen atoms in total. The summed E-state index contributed by atoms with van der Waals surface area (Å²) < 4.78 is 50.5. The van der Waals surface area contributed by atoms with Gasteiger partial charge in [0.1, 0.15) is 0 Å². The molecule has 0 saturated carbocycles. The Kier molecular flexibility index (Phi) is 3.81. The minimum Gasteiger partial charge on any atom is -0.229 e. The second-order valence-electron chi connectivity index (χ2n) is 4.94. The highest BCUT2D eigenvalue weighted by atomic mass is 79.9. The first-order valence-electron chi connectivity index (χ1n) is 5.63. The summed E-state index contributed by atoms with van der Waals surface area (Å²) in [6.45, 7) is 1.62. The molecule has 0 radical (unpaired) electrons. The Morgan fingerprint density at radius 1 is 1.32 bits per heavy atom. The highest BCUT2D eigenvalue weighted by Gasteiger charge is 2.41. The molecule has 1 atom stereocenters. The number of halogens is 1. The molecule has 1 heterocycles. The average Bonchev–Trinajstić information content (AvgIpc) is 2.52. The van der Waals surface area contributed by atoms with E-state index in [0.29, 0.717) is 10.9 Å². The SMILES string of the molecule is CC1(NS(=O)(=O)c2ccccc2Br)CCS(=O)(=O)C1. The van der Waals surface area contributed by atoms with Gasteiger partial charge in [0, 0.05) is 10.0 Å². The Hall–Kier alpha value is -0.440. The van der Waals surface area contributed by atoms with E-state index < -0.39 is 25.4 Å². The lowest BCUT2D eigenvalue weighted by Gasteiger charge is -2.23. The molecule has 0 aliphatic carbocycles. The van der Waals surface area contributed by atoms with Crippen LogP contribution in [0.15, 0.2) is 33.6 Å². The Morgan fingerprint density at radius 2 is 1.95 bits per heavy atom. The summed E-state index contributed by atoms with van der Waals surface area (Å²) in [7, 11) is -6.90. The fourth-order valence-electron chi connectivity index (χ4n) is 2.13. The van der Waals surface area contributed by atoms with E-state index in [0.717, 1.165) is 0 Å². The van der Waals surface area contributed by atoms with Gasteiger partial charge >= 0.3 is 0 Å². The topological polar surface area (TPSA) is 80.3 Å². The van der Waals surface area contributed by atoms with Crippen molar-refractivity contribution in [3.05, 3.63) is 28.7 Å². The van der Waals surface area contributed by atoms with Gasteiger partial charge in [-0.05, 0) is 41.4 Å². The van der Waals surface area contributed by atoms with Crippen LogP contribution in [0.4, 0.5) is 0 Å². The third-order valence-corrected chi connectivity index (χ3v) is 7.56. The zero-order valence-electron chi connectivity index (χ0n) is 10.3. The van der Waals surface area contributed by atoms with Gasteiger partial charge in [0.2, 0.25) is 10.0 Å². The summed E-state index contributed by atoms with van der Waals surface area (Å²) >= 11 is 3.18. The van der Waals surface area contributed by atoms with Crippen molar-refractivity contribution in [2.45, 2.75) is 23.8 Å². The lowest BCUT2D eigenvalue weighted by atomic mass is 10.0. The van der Waals surface area contributed by atoms with Gasteiger partial charge in [-0.3, -0.25) is 0 Å². The van der Waals surface area contributed by atoms with Gasteiger partial charge in [-0.1, -0.05) is 12.1 Å². The van der Waals surface area contributed by atoms with Crippen molar-refractivity contribution in [2.75, 3.05) is 11.5 Å². The van der Waals surface area contributed by atoms with E-state index >= 15 is 0 Å². The average molecular weight is 368 g/mol. The first kappa shape index (κ1) is 15.0. The monoisotopic (exact) mass is 367 g/mol. The van der Waals surface area contributed by atoms with Gasteiger partial charge < -0.3 is 0 Å². The molecule has 1 aliphatic heterocycles. The van der Waals surface area contributed by atoms with Gasteiger partial charge in [0.15, 0.2) is 9.84 Å². The summed E-state index contributed by atoms with van der Waals surface area (Å²) in [5.74, 6) is -0.147. The van der Waals surface area contributed by atoms with Crippen LogP contribution in [0.3, 0.4) is 0 Å². The molecule has 19 heavy (non-hydrogen) atoms. The zero-order chi connectivity index (χ0) is 14.3. The van der Waals surface area contributed by atoms with Gasteiger partial charge in [0.05, 0.1) is 16.4 Å². The largest absolute Gasteiger partial charge is 0.242 e. The molecule has 1 aromatic carbocycles. The maximum absolute atomic E-state index is 12.3. The molecule has 1 fully saturated rings. The predicted molar refractivity (Wildman–Crippen MR) is 76.1 cm³/mol. The smallest absolute Gasteiger partial charge is 0.229 e. The minimum absolute atomic E-state index is 0.0159. The maximum atomic E-state index is 12.3. The molecule has 1 N–H and O–H groups in total. The number of rotatable bonds is 3. The number of hydrogen-bond acceptors (Lipinski definition) is 4. The van der Waals surface area contributed by atoms with Crippen molar-refractivity contribution < 1.29 is 16.8 Å². The standard InChI is InChI=1S/C11H14BrNO4S2/c1-11(6-7-18(14,15)8-11)13-19(16,17)10-5-3-2-4-9(10)12/h2-5,13H,6-8H2,1H3. The van der Waals surface area contributed by atoms with Crippen LogP contribution in [0.5, 0.6) is 0 Å². The van der Waals surface area contributed by atoms with E-state index in [1.165, 1.54) is 6.07 Å². The van der Waals surface area contributed by atoms with Crippen LogP contribution in [0.25, 0.3) is 0 Å². The maximum Gasteiger partial charge on any atom is 0.242 e. The highest BCUT2D eigenvalue weighted by molar-refractivity contribution is 9.10. The Morgan fingerprint density at radius 3 is 2.47 bits per heavy atom. The number of hydrogen-bond donors (Lipinski definition) is 1. The van der Waals surface area contributed by atoms with E-state index in [9.17, 15) is 16.8 Å². The first-order valence-corrected chi connectivity index (χ1v) is 9.72. The van der Waals surface area contributed by atoms with E-state index in [1.54, 1.807) is 25.1 Å². The van der Waals surface area contributed by atoms with E-state index in [2.05, 4.69) is 20.7 Å². The number of benzene rings is 1. The molecule has 1 aliphatic rings. The summed E-state index contributed by atoms with van der Waals surface area (Å²) in [5, 5.41) is 0. The molecule has 0 aromatic heterocycles. The summed E-state index contributed by atoms with van der Waals surface area (Å²) in [6, 6.07) is 6.43. The Balaban J connectivity index is 2.31. The van der Waals surface area contributed by atoms with Gasteiger partial charge in [-0.15, -0.1) is 0 Å². The van der Waals surface area contributed by atoms with Gasteiger partial charge in [0.25, 0.3) is 0 Å². The van der Waals surface area contributed by atoms with Gasteiger partial charge in [-0.25, -0.2) is 21.6 Å². The fraction of sp³-hybridized carbons (Fsp3) is 0.455. The summed E-state index contributed by atoms with van der Waals surface area (Å²) in [4.78, 5) is 0.112. The van der Waals surface area contributed by atoms with E-state index in [1.807, 2.05) is 0 Å². The van der Waals surface area contributed by atoms with Crippen LogP contribution in [-0.2, 0) is 19.9 Å². The normalized spacial score (nSPS) is 26.4. The molecule has 1 unspecified atom stereocenters. The lowest BCUT2D eigenvalue weighted by Crippen LogP contribution is -2.46. The molecular weight excluding hydrogens is 354 g/mol. The van der Waals surface area contributed by atoms with Crippen molar-refractivity contribution in [3.63, 3.8) is 0 Å². The van der Waals surface area contributed by atoms with Crippen LogP contribution in [0.2, 0.25) is 0 Å². The number of sulfone groups is 1. The quantitative estimate of drug-likeness (QED) is 0.872. The van der Waals surface area contributed by atoms with Crippen molar-refractivity contribution in [3.8, 4) is 0 Å². The van der Waals surface area contributed by atoms with Crippen LogP contribution in [0.1, 0.15) is 13.3 Å².